The summed E-state index contributed by atoms with van der Waals surface area (Å²) in [6, 6.07) is 12.4. The Morgan fingerprint density at radius 1 is 1.19 bits per heavy atom. The molecule has 0 radical (unpaired) electrons. The first kappa shape index (κ1) is 13.0. The van der Waals surface area contributed by atoms with Crippen molar-refractivity contribution in [3.05, 3.63) is 52.6 Å². The van der Waals surface area contributed by atoms with Gasteiger partial charge in [-0.2, -0.15) is 0 Å². The third-order valence-corrected chi connectivity index (χ3v) is 3.23. The lowest BCUT2D eigenvalue weighted by Gasteiger charge is -2.22. The number of para-hydroxylation sites is 1. The number of hydrogen-bond acceptors (Lipinski definition) is 6. The molecule has 0 saturated carbocycles. The number of nitro benzene ring substituents is 1. The van der Waals surface area contributed by atoms with Gasteiger partial charge in [-0.15, -0.1) is 0 Å². The lowest BCUT2D eigenvalue weighted by atomic mass is 10.2. The van der Waals surface area contributed by atoms with Crippen molar-refractivity contribution >= 4 is 28.1 Å². The highest BCUT2D eigenvalue weighted by Gasteiger charge is 2.25. The summed E-state index contributed by atoms with van der Waals surface area (Å²) in [5.41, 5.74) is 2.09. The molecule has 0 aliphatic carbocycles. The molecule has 0 N–H and O–H groups in total. The van der Waals surface area contributed by atoms with Gasteiger partial charge >= 0.3 is 0 Å². The van der Waals surface area contributed by atoms with E-state index in [2.05, 4.69) is 10.3 Å². The van der Waals surface area contributed by atoms with E-state index < -0.39 is 4.92 Å². The van der Waals surface area contributed by atoms with Gasteiger partial charge in [-0.1, -0.05) is 18.2 Å². The first-order valence-corrected chi connectivity index (χ1v) is 6.44. The minimum Gasteiger partial charge on any atom is -0.334 e. The van der Waals surface area contributed by atoms with Gasteiger partial charge in [0.1, 0.15) is 5.52 Å². The summed E-state index contributed by atoms with van der Waals surface area (Å²) in [6.45, 7) is 2.47. The van der Waals surface area contributed by atoms with E-state index in [4.69, 9.17) is 4.63 Å². The van der Waals surface area contributed by atoms with E-state index in [0.29, 0.717) is 23.3 Å². The van der Waals surface area contributed by atoms with Crippen LogP contribution in [0.15, 0.2) is 47.1 Å². The molecule has 0 aliphatic heterocycles. The van der Waals surface area contributed by atoms with Gasteiger partial charge in [0.25, 0.3) is 5.69 Å². The zero-order valence-corrected chi connectivity index (χ0v) is 11.3. The Labute approximate surface area is 119 Å². The zero-order valence-electron chi connectivity index (χ0n) is 11.3. The number of anilines is 2. The van der Waals surface area contributed by atoms with E-state index >= 15 is 0 Å². The zero-order chi connectivity index (χ0) is 14.8. The van der Waals surface area contributed by atoms with Crippen molar-refractivity contribution in [2.45, 2.75) is 6.92 Å². The molecule has 3 rings (SSSR count). The van der Waals surface area contributed by atoms with Crippen LogP contribution in [0.2, 0.25) is 0 Å². The molecule has 0 aliphatic rings. The molecule has 0 spiro atoms. The Morgan fingerprint density at radius 3 is 2.62 bits per heavy atom. The number of nitrogens with zero attached hydrogens (tertiary/aromatic N) is 4. The maximum Gasteiger partial charge on any atom is 0.295 e. The smallest absolute Gasteiger partial charge is 0.295 e. The first-order valence-electron chi connectivity index (χ1n) is 6.44. The van der Waals surface area contributed by atoms with Crippen LogP contribution in [0.3, 0.4) is 0 Å². The van der Waals surface area contributed by atoms with Crippen LogP contribution in [0.1, 0.15) is 6.92 Å². The number of benzene rings is 2. The molecule has 21 heavy (non-hydrogen) atoms. The van der Waals surface area contributed by atoms with Crippen molar-refractivity contribution in [1.82, 2.24) is 10.3 Å². The first-order chi connectivity index (χ1) is 10.2. The van der Waals surface area contributed by atoms with Crippen molar-refractivity contribution in [2.75, 3.05) is 11.4 Å². The van der Waals surface area contributed by atoms with Crippen LogP contribution in [-0.4, -0.2) is 21.8 Å². The molecule has 7 nitrogen and oxygen atoms in total. The van der Waals surface area contributed by atoms with E-state index in [1.165, 1.54) is 12.1 Å². The Morgan fingerprint density at radius 2 is 1.95 bits per heavy atom. The van der Waals surface area contributed by atoms with Crippen LogP contribution in [-0.2, 0) is 0 Å². The Bertz CT molecular complexity index is 785. The summed E-state index contributed by atoms with van der Waals surface area (Å²) >= 11 is 0. The highest BCUT2D eigenvalue weighted by molar-refractivity contribution is 5.95. The topological polar surface area (TPSA) is 85.3 Å². The highest BCUT2D eigenvalue weighted by atomic mass is 16.6. The summed E-state index contributed by atoms with van der Waals surface area (Å²) in [7, 11) is 0. The van der Waals surface area contributed by atoms with Gasteiger partial charge in [-0.05, 0) is 35.4 Å². The van der Waals surface area contributed by atoms with Gasteiger partial charge in [-0.3, -0.25) is 10.1 Å². The summed E-state index contributed by atoms with van der Waals surface area (Å²) in [4.78, 5) is 12.7. The Balaban J connectivity index is 2.28. The molecule has 7 heteroatoms. The predicted molar refractivity (Wildman–Crippen MR) is 77.6 cm³/mol. The molecule has 0 atom stereocenters. The molecule has 1 heterocycles. The van der Waals surface area contributed by atoms with Gasteiger partial charge in [0.05, 0.1) is 4.92 Å². The van der Waals surface area contributed by atoms with Crippen molar-refractivity contribution < 1.29 is 9.55 Å². The number of nitro groups is 1. The van der Waals surface area contributed by atoms with Gasteiger partial charge in [0.15, 0.2) is 11.2 Å². The molecule has 1 aromatic heterocycles. The Kier molecular flexibility index (Phi) is 3.23. The molecule has 0 unspecified atom stereocenters. The van der Waals surface area contributed by atoms with Gasteiger partial charge < -0.3 is 4.90 Å². The summed E-state index contributed by atoms with van der Waals surface area (Å²) < 4.78 is 4.72. The van der Waals surface area contributed by atoms with E-state index in [1.807, 2.05) is 42.2 Å². The van der Waals surface area contributed by atoms with Crippen LogP contribution in [0.4, 0.5) is 17.1 Å². The molecule has 2 aromatic carbocycles. The lowest BCUT2D eigenvalue weighted by molar-refractivity contribution is -0.384. The minimum atomic E-state index is -0.422. The molecule has 3 aromatic rings. The van der Waals surface area contributed by atoms with Crippen LogP contribution >= 0.6 is 0 Å². The monoisotopic (exact) mass is 284 g/mol. The third-order valence-electron chi connectivity index (χ3n) is 3.23. The normalized spacial score (nSPS) is 10.7. The van der Waals surface area contributed by atoms with Crippen LogP contribution in [0, 0.1) is 10.1 Å². The fourth-order valence-corrected chi connectivity index (χ4v) is 2.32. The summed E-state index contributed by atoms with van der Waals surface area (Å²) in [6.07, 6.45) is 0. The number of hydrogen-bond donors (Lipinski definition) is 0. The molecule has 0 amide bonds. The van der Waals surface area contributed by atoms with Crippen LogP contribution in [0.5, 0.6) is 0 Å². The molecular weight excluding hydrogens is 272 g/mol. The highest BCUT2D eigenvalue weighted by Crippen LogP contribution is 2.38. The molecule has 0 bridgehead atoms. The fourth-order valence-electron chi connectivity index (χ4n) is 2.32. The number of aromatic nitrogens is 2. The lowest BCUT2D eigenvalue weighted by Crippen LogP contribution is -2.17. The second kappa shape index (κ2) is 5.20. The van der Waals surface area contributed by atoms with E-state index in [-0.39, 0.29) is 5.69 Å². The van der Waals surface area contributed by atoms with E-state index in [1.54, 1.807) is 0 Å². The molecule has 0 saturated heterocycles. The molecular formula is C14H12N4O3. The second-order valence-electron chi connectivity index (χ2n) is 4.40. The Hall–Kier alpha value is -2.96. The third kappa shape index (κ3) is 2.18. The largest absolute Gasteiger partial charge is 0.334 e. The average molecular weight is 284 g/mol. The fraction of sp³-hybridized carbons (Fsp3) is 0.143. The maximum absolute atomic E-state index is 11.3. The van der Waals surface area contributed by atoms with Crippen molar-refractivity contribution in [3.63, 3.8) is 0 Å². The predicted octanol–water partition coefficient (Wildman–Crippen LogP) is 3.29. The number of fused-ring (bicyclic) bond motifs is 1. The SMILES string of the molecule is CCN(c1ccccc1)c1c([N+](=O)[O-])ccc2nonc12. The number of rotatable bonds is 4. The van der Waals surface area contributed by atoms with Crippen molar-refractivity contribution in [3.8, 4) is 0 Å². The van der Waals surface area contributed by atoms with Crippen molar-refractivity contribution in [1.29, 1.82) is 0 Å². The maximum atomic E-state index is 11.3. The summed E-state index contributed by atoms with van der Waals surface area (Å²) in [5.74, 6) is 0. The molecule has 0 fully saturated rings. The average Bonchev–Trinajstić information content (AvgIpc) is 2.97. The van der Waals surface area contributed by atoms with Gasteiger partial charge in [-0.25, -0.2) is 4.63 Å². The molecule has 106 valence electrons. The van der Waals surface area contributed by atoms with Crippen LogP contribution < -0.4 is 4.90 Å². The summed E-state index contributed by atoms with van der Waals surface area (Å²) in [5, 5.41) is 18.9. The van der Waals surface area contributed by atoms with Crippen LogP contribution in [0.25, 0.3) is 11.0 Å². The standard InChI is InChI=1S/C14H12N4O3/c1-2-17(10-6-4-3-5-7-10)14-12(18(19)20)9-8-11-13(14)16-21-15-11/h3-9H,2H2,1H3. The quantitative estimate of drug-likeness (QED) is 0.539. The van der Waals surface area contributed by atoms with E-state index in [0.717, 1.165) is 5.69 Å². The second-order valence-corrected chi connectivity index (χ2v) is 4.40. The van der Waals surface area contributed by atoms with Gasteiger partial charge in [0, 0.05) is 18.3 Å². The van der Waals surface area contributed by atoms with Gasteiger partial charge in [0.2, 0.25) is 0 Å². The van der Waals surface area contributed by atoms with E-state index in [9.17, 15) is 10.1 Å². The van der Waals surface area contributed by atoms with Crippen molar-refractivity contribution in [2.24, 2.45) is 0 Å². The minimum absolute atomic E-state index is 0.0242.